The van der Waals surface area contributed by atoms with Crippen LogP contribution in [-0.4, -0.2) is 60.5 Å². The summed E-state index contributed by atoms with van der Waals surface area (Å²) in [7, 11) is -2.75. The number of nitrogens with zero attached hydrogens (tertiary/aromatic N) is 1. The van der Waals surface area contributed by atoms with E-state index in [2.05, 4.69) is 19.6 Å². The minimum atomic E-state index is -1.46. The lowest BCUT2D eigenvalue weighted by Gasteiger charge is -2.50. The molecule has 0 aromatic heterocycles. The van der Waals surface area contributed by atoms with Gasteiger partial charge in [-0.25, -0.2) is 8.60 Å². The summed E-state index contributed by atoms with van der Waals surface area (Å²) in [5, 5.41) is 0. The molecule has 34 heavy (non-hydrogen) atoms. The zero-order valence-corrected chi connectivity index (χ0v) is 24.1. The molecule has 1 heterocycles. The number of carbonyl (C=O) groups is 1. The molecule has 194 valence electrons. The van der Waals surface area contributed by atoms with Gasteiger partial charge >= 0.3 is 5.97 Å². The van der Waals surface area contributed by atoms with Crippen LogP contribution in [0.1, 0.15) is 52.7 Å². The molecule has 1 atom stereocenters. The maximum absolute atomic E-state index is 15.6. The van der Waals surface area contributed by atoms with E-state index in [0.29, 0.717) is 17.7 Å². The van der Waals surface area contributed by atoms with Crippen molar-refractivity contribution >= 4 is 25.0 Å². The van der Waals surface area contributed by atoms with Crippen molar-refractivity contribution in [3.8, 4) is 0 Å². The number of halogens is 1. The van der Waals surface area contributed by atoms with Gasteiger partial charge in [0.05, 0.1) is 30.0 Å². The Morgan fingerprint density at radius 3 is 2.26 bits per heavy atom. The van der Waals surface area contributed by atoms with Crippen molar-refractivity contribution in [1.29, 1.82) is 0 Å². The first-order valence-electron chi connectivity index (χ1n) is 11.9. The van der Waals surface area contributed by atoms with Crippen molar-refractivity contribution in [3.63, 3.8) is 0 Å². The van der Waals surface area contributed by atoms with Crippen molar-refractivity contribution in [1.82, 2.24) is 4.31 Å². The third-order valence-corrected chi connectivity index (χ3v) is 9.67. The lowest BCUT2D eigenvalue weighted by atomic mass is 9.81. The molecule has 0 bridgehead atoms. The van der Waals surface area contributed by atoms with Gasteiger partial charge in [0, 0.05) is 20.2 Å². The molecular weight excluding hydrogens is 473 g/mol. The van der Waals surface area contributed by atoms with Crippen LogP contribution in [-0.2, 0) is 40.9 Å². The van der Waals surface area contributed by atoms with E-state index in [-0.39, 0.29) is 26.6 Å². The summed E-state index contributed by atoms with van der Waals surface area (Å²) in [6.45, 7) is 19.1. The molecule has 1 aromatic rings. The highest BCUT2D eigenvalue weighted by Crippen LogP contribution is 2.41. The second kappa shape index (κ2) is 10.9. The molecule has 6 nitrogen and oxygen atoms in total. The van der Waals surface area contributed by atoms with Gasteiger partial charge in [-0.1, -0.05) is 31.8 Å². The van der Waals surface area contributed by atoms with Gasteiger partial charge < -0.3 is 14.2 Å². The maximum atomic E-state index is 15.6. The average molecular weight is 516 g/mol. The van der Waals surface area contributed by atoms with Crippen LogP contribution < -0.4 is 0 Å². The van der Waals surface area contributed by atoms with Gasteiger partial charge in [0.15, 0.2) is 0 Å². The lowest BCUT2D eigenvalue weighted by molar-refractivity contribution is -0.148. The molecule has 0 N–H and O–H groups in total. The first-order chi connectivity index (χ1) is 15.6. The van der Waals surface area contributed by atoms with E-state index in [9.17, 15) is 9.00 Å². The summed E-state index contributed by atoms with van der Waals surface area (Å²) >= 11 is 0. The largest absolute Gasteiger partial charge is 0.465 e. The number of carbonyl (C=O) groups excluding carboxylic acids is 1. The monoisotopic (exact) mass is 515 g/mol. The Morgan fingerprint density at radius 1 is 1.21 bits per heavy atom. The Balaban J connectivity index is 2.41. The summed E-state index contributed by atoms with van der Waals surface area (Å²) in [5.74, 6) is -0.869. The van der Waals surface area contributed by atoms with E-state index in [0.717, 1.165) is 6.04 Å². The van der Waals surface area contributed by atoms with Gasteiger partial charge in [-0.05, 0) is 59.2 Å². The summed E-state index contributed by atoms with van der Waals surface area (Å²) in [6, 6.07) is 5.80. The molecule has 0 radical (unpaired) electrons. The fraction of sp³-hybridized carbons (Fsp3) is 0.720. The molecule has 0 aliphatic carbocycles. The van der Waals surface area contributed by atoms with Gasteiger partial charge in [-0.3, -0.25) is 4.79 Å². The van der Waals surface area contributed by atoms with Gasteiger partial charge in [-0.2, -0.15) is 4.31 Å². The normalized spacial score (nSPS) is 17.4. The molecule has 1 aliphatic rings. The van der Waals surface area contributed by atoms with Gasteiger partial charge in [0.1, 0.15) is 29.1 Å². The third-order valence-electron chi connectivity index (χ3n) is 6.07. The van der Waals surface area contributed by atoms with Gasteiger partial charge in [0.2, 0.25) is 0 Å². The number of hydrogen-bond donors (Lipinski definition) is 0. The number of esters is 1. The summed E-state index contributed by atoms with van der Waals surface area (Å²) in [5.41, 5.74) is -0.980. The van der Waals surface area contributed by atoms with Crippen molar-refractivity contribution in [2.24, 2.45) is 0 Å². The lowest BCUT2D eigenvalue weighted by Crippen LogP contribution is -2.62. The molecule has 2 rings (SSSR count). The molecule has 0 amide bonds. The Morgan fingerprint density at radius 2 is 1.82 bits per heavy atom. The van der Waals surface area contributed by atoms with E-state index in [1.54, 1.807) is 37.2 Å². The van der Waals surface area contributed by atoms with Crippen molar-refractivity contribution < 1.29 is 27.6 Å². The predicted molar refractivity (Wildman–Crippen MR) is 137 cm³/mol. The van der Waals surface area contributed by atoms with E-state index < -0.39 is 46.5 Å². The SMILES string of the molecule is CCOC(=O)C(C)(C)c1ccc(C2(N(COCC[Si](C)(C)C)S(=O)C(C)(C)C)COC2)c(F)c1. The minimum Gasteiger partial charge on any atom is -0.465 e. The van der Waals surface area contributed by atoms with Crippen LogP contribution in [0.25, 0.3) is 0 Å². The van der Waals surface area contributed by atoms with Crippen LogP contribution in [0.15, 0.2) is 18.2 Å². The molecule has 9 heteroatoms. The van der Waals surface area contributed by atoms with E-state index >= 15 is 4.39 Å². The molecular formula is C25H42FNO5SSi. The minimum absolute atomic E-state index is 0.118. The van der Waals surface area contributed by atoms with Gasteiger partial charge in [0.25, 0.3) is 0 Å². The first-order valence-corrected chi connectivity index (χ1v) is 16.7. The molecule has 1 unspecified atom stereocenters. The highest BCUT2D eigenvalue weighted by molar-refractivity contribution is 7.84. The number of hydrogen-bond acceptors (Lipinski definition) is 5. The number of ether oxygens (including phenoxy) is 3. The first kappa shape index (κ1) is 29.1. The van der Waals surface area contributed by atoms with Crippen LogP contribution >= 0.6 is 0 Å². The van der Waals surface area contributed by atoms with Crippen LogP contribution in [0.5, 0.6) is 0 Å². The Labute approximate surface area is 208 Å². The molecule has 0 spiro atoms. The number of rotatable bonds is 11. The fourth-order valence-electron chi connectivity index (χ4n) is 3.63. The van der Waals surface area contributed by atoms with Crippen LogP contribution in [0.2, 0.25) is 25.7 Å². The molecule has 0 saturated carbocycles. The molecule has 1 aromatic carbocycles. The molecule has 1 aliphatic heterocycles. The standard InChI is InChI=1S/C25H42FNO5SSi/c1-10-32-22(28)24(5,6)19-11-12-20(21(26)15-19)25(16-31-17-25)27(33(29)23(2,3)4)18-30-13-14-34(7,8)9/h11-12,15H,10,13-14,16-18H2,1-9H3. The van der Waals surface area contributed by atoms with Crippen molar-refractivity contribution in [2.75, 3.05) is 33.2 Å². The molecule has 1 fully saturated rings. The zero-order valence-electron chi connectivity index (χ0n) is 22.2. The second-order valence-electron chi connectivity index (χ2n) is 11.7. The zero-order chi connectivity index (χ0) is 25.9. The van der Waals surface area contributed by atoms with E-state index in [4.69, 9.17) is 14.2 Å². The van der Waals surface area contributed by atoms with Crippen molar-refractivity contribution in [2.45, 2.75) is 82.9 Å². The third kappa shape index (κ3) is 6.54. The maximum Gasteiger partial charge on any atom is 0.315 e. The van der Waals surface area contributed by atoms with Gasteiger partial charge in [-0.15, -0.1) is 0 Å². The van der Waals surface area contributed by atoms with Crippen molar-refractivity contribution in [3.05, 3.63) is 35.1 Å². The van der Waals surface area contributed by atoms with E-state index in [1.165, 1.54) is 6.07 Å². The quantitative estimate of drug-likeness (QED) is 0.180. The van der Waals surface area contributed by atoms with E-state index in [1.807, 2.05) is 20.8 Å². The molecule has 1 saturated heterocycles. The average Bonchev–Trinajstić information content (AvgIpc) is 2.67. The second-order valence-corrected chi connectivity index (χ2v) is 19.4. The topological polar surface area (TPSA) is 65.1 Å². The summed E-state index contributed by atoms with van der Waals surface area (Å²) in [4.78, 5) is 12.4. The highest BCUT2D eigenvalue weighted by atomic mass is 32.2. The smallest absolute Gasteiger partial charge is 0.315 e. The van der Waals surface area contributed by atoms with Crippen LogP contribution in [0, 0.1) is 5.82 Å². The summed E-state index contributed by atoms with van der Waals surface area (Å²) < 4.78 is 47.1. The fourth-order valence-corrected chi connectivity index (χ4v) is 5.74. The Hall–Kier alpha value is -1.13. The number of benzene rings is 1. The Kier molecular flexibility index (Phi) is 9.30. The highest BCUT2D eigenvalue weighted by Gasteiger charge is 2.52. The van der Waals surface area contributed by atoms with Crippen LogP contribution in [0.4, 0.5) is 4.39 Å². The van der Waals surface area contributed by atoms with Crippen LogP contribution in [0.3, 0.4) is 0 Å². The summed E-state index contributed by atoms with van der Waals surface area (Å²) in [6.07, 6.45) is 0. The predicted octanol–water partition coefficient (Wildman–Crippen LogP) is 4.97. The Bertz CT molecular complexity index is 890.